The molecule has 2 heterocycles. The highest BCUT2D eigenvalue weighted by atomic mass is 32.1. The van der Waals surface area contributed by atoms with Gasteiger partial charge < -0.3 is 15.5 Å². The van der Waals surface area contributed by atoms with Crippen molar-refractivity contribution in [2.75, 3.05) is 32.7 Å². The first-order chi connectivity index (χ1) is 10.7. The number of likely N-dealkylation sites (N-methyl/N-ethyl adjacent to an activating group) is 1. The molecule has 0 spiro atoms. The van der Waals surface area contributed by atoms with Crippen LogP contribution in [0.2, 0.25) is 0 Å². The number of rotatable bonds is 4. The molecule has 0 radical (unpaired) electrons. The highest BCUT2D eigenvalue weighted by Gasteiger charge is 2.25. The molecule has 1 fully saturated rings. The van der Waals surface area contributed by atoms with Crippen LogP contribution in [0.3, 0.4) is 0 Å². The number of piperazine rings is 1. The maximum Gasteiger partial charge on any atom is 0.240 e. The molecule has 6 heteroatoms. The molecule has 2 aromatic rings. The number of aromatic nitrogens is 1. The average Bonchev–Trinajstić information content (AvgIpc) is 2.96. The minimum Gasteiger partial charge on any atom is -0.339 e. The molecule has 118 valence electrons. The number of nitrogens with zero attached hydrogens (tertiary/aromatic N) is 3. The Morgan fingerprint density at radius 2 is 2.05 bits per heavy atom. The van der Waals surface area contributed by atoms with E-state index in [9.17, 15) is 4.79 Å². The number of carbonyl (C=O) groups excluding carboxylic acids is 1. The Bertz CT molecular complexity index is 615. The van der Waals surface area contributed by atoms with Crippen LogP contribution in [0, 0.1) is 0 Å². The monoisotopic (exact) mass is 318 g/mol. The van der Waals surface area contributed by atoms with E-state index in [4.69, 9.17) is 5.73 Å². The first-order valence-electron chi connectivity index (χ1n) is 7.78. The SMILES string of the molecule is CCN1CCN(C(=O)[C@@H](N)Cc2nc3ccccc3s2)CC1. The summed E-state index contributed by atoms with van der Waals surface area (Å²) < 4.78 is 1.15. The van der Waals surface area contributed by atoms with Crippen molar-refractivity contribution >= 4 is 27.5 Å². The van der Waals surface area contributed by atoms with E-state index in [-0.39, 0.29) is 5.91 Å². The Morgan fingerprint density at radius 1 is 1.32 bits per heavy atom. The number of thiazole rings is 1. The standard InChI is InChI=1S/C16H22N4OS/c1-2-19-7-9-20(10-8-19)16(21)12(17)11-15-18-13-5-3-4-6-14(13)22-15/h3-6,12H,2,7-11,17H2,1H3/t12-/m0/s1. The second kappa shape index (κ2) is 6.73. The van der Waals surface area contributed by atoms with Crippen molar-refractivity contribution in [2.45, 2.75) is 19.4 Å². The number of fused-ring (bicyclic) bond motifs is 1. The maximum absolute atomic E-state index is 12.5. The van der Waals surface area contributed by atoms with Crippen molar-refractivity contribution in [1.82, 2.24) is 14.8 Å². The van der Waals surface area contributed by atoms with E-state index in [1.807, 2.05) is 29.2 Å². The Morgan fingerprint density at radius 3 is 2.73 bits per heavy atom. The Hall–Kier alpha value is -1.50. The highest BCUT2D eigenvalue weighted by molar-refractivity contribution is 7.18. The molecule has 0 aliphatic carbocycles. The van der Waals surface area contributed by atoms with Gasteiger partial charge in [0.1, 0.15) is 0 Å². The van der Waals surface area contributed by atoms with Crippen LogP contribution in [0.4, 0.5) is 0 Å². The number of hydrogen-bond donors (Lipinski definition) is 1. The zero-order valence-corrected chi connectivity index (χ0v) is 13.7. The molecule has 22 heavy (non-hydrogen) atoms. The summed E-state index contributed by atoms with van der Waals surface area (Å²) in [6, 6.07) is 7.53. The first kappa shape index (κ1) is 15.4. The minimum atomic E-state index is -0.492. The van der Waals surface area contributed by atoms with Crippen LogP contribution in [0.1, 0.15) is 11.9 Å². The van der Waals surface area contributed by atoms with Gasteiger partial charge in [-0.05, 0) is 18.7 Å². The van der Waals surface area contributed by atoms with Gasteiger partial charge in [0.05, 0.1) is 21.3 Å². The van der Waals surface area contributed by atoms with Crippen molar-refractivity contribution in [1.29, 1.82) is 0 Å². The molecule has 1 aromatic heterocycles. The summed E-state index contributed by atoms with van der Waals surface area (Å²) in [6.45, 7) is 6.63. The van der Waals surface area contributed by atoms with Gasteiger partial charge in [-0.25, -0.2) is 4.98 Å². The lowest BCUT2D eigenvalue weighted by atomic mass is 10.2. The predicted octanol–water partition coefficient (Wildman–Crippen LogP) is 1.33. The third kappa shape index (κ3) is 3.29. The molecular formula is C16H22N4OS. The Balaban J connectivity index is 1.61. The second-order valence-corrected chi connectivity index (χ2v) is 6.76. The van der Waals surface area contributed by atoms with Gasteiger partial charge in [0.15, 0.2) is 0 Å². The number of benzene rings is 1. The maximum atomic E-state index is 12.5. The van der Waals surface area contributed by atoms with Crippen molar-refractivity contribution in [3.8, 4) is 0 Å². The molecule has 0 saturated carbocycles. The molecule has 1 saturated heterocycles. The molecule has 1 aliphatic heterocycles. The summed E-state index contributed by atoms with van der Waals surface area (Å²) >= 11 is 1.62. The van der Waals surface area contributed by atoms with Gasteiger partial charge in [0, 0.05) is 32.6 Å². The van der Waals surface area contributed by atoms with E-state index < -0.39 is 6.04 Å². The normalized spacial score (nSPS) is 17.8. The second-order valence-electron chi connectivity index (χ2n) is 5.65. The lowest BCUT2D eigenvalue weighted by Gasteiger charge is -2.35. The van der Waals surface area contributed by atoms with Crippen molar-refractivity contribution in [3.05, 3.63) is 29.3 Å². The van der Waals surface area contributed by atoms with Gasteiger partial charge in [0.25, 0.3) is 0 Å². The average molecular weight is 318 g/mol. The fourth-order valence-corrected chi connectivity index (χ4v) is 3.83. The number of amides is 1. The van der Waals surface area contributed by atoms with Gasteiger partial charge in [-0.15, -0.1) is 11.3 Å². The number of nitrogens with two attached hydrogens (primary N) is 1. The van der Waals surface area contributed by atoms with Crippen LogP contribution < -0.4 is 5.73 Å². The Kier molecular flexibility index (Phi) is 4.71. The van der Waals surface area contributed by atoms with Crippen molar-refractivity contribution in [2.24, 2.45) is 5.73 Å². The van der Waals surface area contributed by atoms with Crippen molar-refractivity contribution in [3.63, 3.8) is 0 Å². The zero-order chi connectivity index (χ0) is 15.5. The van der Waals surface area contributed by atoms with E-state index in [2.05, 4.69) is 16.8 Å². The minimum absolute atomic E-state index is 0.0509. The summed E-state index contributed by atoms with van der Waals surface area (Å²) in [4.78, 5) is 21.3. The fraction of sp³-hybridized carbons (Fsp3) is 0.500. The van der Waals surface area contributed by atoms with Crippen LogP contribution in [0.25, 0.3) is 10.2 Å². The molecule has 1 aliphatic rings. The molecule has 5 nitrogen and oxygen atoms in total. The van der Waals surface area contributed by atoms with Crippen LogP contribution in [-0.2, 0) is 11.2 Å². The van der Waals surface area contributed by atoms with Gasteiger partial charge in [-0.3, -0.25) is 4.79 Å². The molecule has 2 N–H and O–H groups in total. The van der Waals surface area contributed by atoms with Gasteiger partial charge in [-0.2, -0.15) is 0 Å². The summed E-state index contributed by atoms with van der Waals surface area (Å²) in [5.41, 5.74) is 7.12. The quantitative estimate of drug-likeness (QED) is 0.924. The largest absolute Gasteiger partial charge is 0.339 e. The van der Waals surface area contributed by atoms with Gasteiger partial charge in [0.2, 0.25) is 5.91 Å². The topological polar surface area (TPSA) is 62.5 Å². The summed E-state index contributed by atoms with van der Waals surface area (Å²) in [7, 11) is 0. The third-order valence-electron chi connectivity index (χ3n) is 4.18. The van der Waals surface area contributed by atoms with Gasteiger partial charge in [-0.1, -0.05) is 19.1 Å². The van der Waals surface area contributed by atoms with E-state index in [1.165, 1.54) is 0 Å². The lowest BCUT2D eigenvalue weighted by Crippen LogP contribution is -2.53. The zero-order valence-electron chi connectivity index (χ0n) is 12.9. The molecular weight excluding hydrogens is 296 g/mol. The predicted molar refractivity (Wildman–Crippen MR) is 90.0 cm³/mol. The van der Waals surface area contributed by atoms with Crippen LogP contribution in [0.15, 0.2) is 24.3 Å². The smallest absolute Gasteiger partial charge is 0.240 e. The lowest BCUT2D eigenvalue weighted by molar-refractivity contribution is -0.134. The molecule has 1 amide bonds. The van der Waals surface area contributed by atoms with E-state index in [1.54, 1.807) is 11.3 Å². The fourth-order valence-electron chi connectivity index (χ4n) is 2.80. The van der Waals surface area contributed by atoms with Crippen LogP contribution in [-0.4, -0.2) is 59.5 Å². The van der Waals surface area contributed by atoms with Crippen molar-refractivity contribution < 1.29 is 4.79 Å². The summed E-state index contributed by atoms with van der Waals surface area (Å²) in [6.07, 6.45) is 0.520. The molecule has 3 rings (SSSR count). The number of para-hydroxylation sites is 1. The number of hydrogen-bond acceptors (Lipinski definition) is 5. The first-order valence-corrected chi connectivity index (χ1v) is 8.60. The van der Waals surface area contributed by atoms with E-state index in [0.29, 0.717) is 6.42 Å². The third-order valence-corrected chi connectivity index (χ3v) is 5.24. The van der Waals surface area contributed by atoms with E-state index in [0.717, 1.165) is 47.9 Å². The van der Waals surface area contributed by atoms with Gasteiger partial charge >= 0.3 is 0 Å². The van der Waals surface area contributed by atoms with Crippen LogP contribution >= 0.6 is 11.3 Å². The molecule has 1 aromatic carbocycles. The van der Waals surface area contributed by atoms with E-state index >= 15 is 0 Å². The molecule has 1 atom stereocenters. The van der Waals surface area contributed by atoms with Crippen LogP contribution in [0.5, 0.6) is 0 Å². The highest BCUT2D eigenvalue weighted by Crippen LogP contribution is 2.22. The summed E-state index contributed by atoms with van der Waals surface area (Å²) in [5.74, 6) is 0.0509. The number of carbonyl (C=O) groups is 1. The Labute approximate surface area is 134 Å². The summed E-state index contributed by atoms with van der Waals surface area (Å²) in [5, 5.41) is 0.939. The molecule has 0 unspecified atom stereocenters. The molecule has 0 bridgehead atoms.